The van der Waals surface area contributed by atoms with Gasteiger partial charge in [0.1, 0.15) is 17.3 Å². The number of nitrogens with zero attached hydrogens (tertiary/aromatic N) is 3. The quantitative estimate of drug-likeness (QED) is 0.874. The van der Waals surface area contributed by atoms with E-state index in [1.807, 2.05) is 18.0 Å². The zero-order valence-corrected chi connectivity index (χ0v) is 14.6. The lowest BCUT2D eigenvalue weighted by atomic mass is 9.98. The predicted octanol–water partition coefficient (Wildman–Crippen LogP) is 3.14. The van der Waals surface area contributed by atoms with Crippen molar-refractivity contribution in [3.05, 3.63) is 41.6 Å². The summed E-state index contributed by atoms with van der Waals surface area (Å²) in [6, 6.07) is 4.50. The second kappa shape index (κ2) is 6.57. The third-order valence-corrected chi connectivity index (χ3v) is 5.49. The van der Waals surface area contributed by atoms with Crippen LogP contribution in [0.4, 0.5) is 19.0 Å². The molecular weight excluding hydrogens is 343 g/mol. The van der Waals surface area contributed by atoms with Gasteiger partial charge in [-0.15, -0.1) is 0 Å². The van der Waals surface area contributed by atoms with E-state index in [1.165, 1.54) is 6.07 Å². The van der Waals surface area contributed by atoms with Crippen LogP contribution in [0.25, 0.3) is 0 Å². The van der Waals surface area contributed by atoms with Crippen LogP contribution < -0.4 is 10.2 Å². The third kappa shape index (κ3) is 3.42. The molecule has 0 amide bonds. The van der Waals surface area contributed by atoms with Crippen molar-refractivity contribution < 1.29 is 13.2 Å². The van der Waals surface area contributed by atoms with E-state index in [4.69, 9.17) is 0 Å². The van der Waals surface area contributed by atoms with E-state index in [-0.39, 0.29) is 0 Å². The molecule has 0 bridgehead atoms. The van der Waals surface area contributed by atoms with Crippen LogP contribution in [-0.2, 0) is 12.7 Å². The maximum absolute atomic E-state index is 12.9. The molecule has 1 saturated heterocycles. The fraction of sp³-hybridized carbons (Fsp3) is 0.556. The molecule has 1 aliphatic heterocycles. The molecular formula is C18H22F3N5. The van der Waals surface area contributed by atoms with E-state index in [1.54, 1.807) is 6.07 Å². The highest BCUT2D eigenvalue weighted by molar-refractivity contribution is 5.42. The highest BCUT2D eigenvalue weighted by Crippen LogP contribution is 2.40. The van der Waals surface area contributed by atoms with Crippen molar-refractivity contribution in [2.24, 2.45) is 11.8 Å². The van der Waals surface area contributed by atoms with Gasteiger partial charge in [-0.3, -0.25) is 0 Å². The number of aromatic nitrogens is 3. The van der Waals surface area contributed by atoms with Gasteiger partial charge in [-0.25, -0.2) is 9.97 Å². The van der Waals surface area contributed by atoms with Crippen molar-refractivity contribution in [3.63, 3.8) is 0 Å². The van der Waals surface area contributed by atoms with Gasteiger partial charge in [0, 0.05) is 31.0 Å². The lowest BCUT2D eigenvalue weighted by Crippen LogP contribution is -2.35. The molecule has 2 aromatic rings. The Balaban J connectivity index is 1.41. The van der Waals surface area contributed by atoms with Crippen LogP contribution in [0.2, 0.25) is 0 Å². The van der Waals surface area contributed by atoms with Gasteiger partial charge < -0.3 is 15.2 Å². The van der Waals surface area contributed by atoms with Gasteiger partial charge in [0.2, 0.25) is 0 Å². The highest BCUT2D eigenvalue weighted by atomic mass is 19.4. The molecule has 1 aliphatic carbocycles. The van der Waals surface area contributed by atoms with Gasteiger partial charge in [-0.2, -0.15) is 13.2 Å². The Morgan fingerprint density at radius 1 is 1.27 bits per heavy atom. The fourth-order valence-corrected chi connectivity index (χ4v) is 4.25. The molecule has 0 aromatic carbocycles. The Kier molecular flexibility index (Phi) is 4.38. The summed E-state index contributed by atoms with van der Waals surface area (Å²) in [5.41, 5.74) is 0.212. The first-order valence-corrected chi connectivity index (χ1v) is 8.93. The number of anilines is 1. The molecule has 140 valence electrons. The van der Waals surface area contributed by atoms with Crippen LogP contribution in [0.1, 0.15) is 30.1 Å². The Morgan fingerprint density at radius 3 is 2.85 bits per heavy atom. The number of H-pyrrole nitrogens is 1. The van der Waals surface area contributed by atoms with Gasteiger partial charge >= 0.3 is 6.18 Å². The molecule has 2 fully saturated rings. The first-order chi connectivity index (χ1) is 12.4. The summed E-state index contributed by atoms with van der Waals surface area (Å²) in [5, 5.41) is 3.57. The second-order valence-corrected chi connectivity index (χ2v) is 7.29. The first kappa shape index (κ1) is 17.3. The fourth-order valence-electron chi connectivity index (χ4n) is 4.25. The lowest BCUT2D eigenvalue weighted by molar-refractivity contribution is -0.141. The second-order valence-electron chi connectivity index (χ2n) is 7.29. The summed E-state index contributed by atoms with van der Waals surface area (Å²) in [7, 11) is 0. The number of hydrogen-bond acceptors (Lipinski definition) is 4. The molecule has 0 radical (unpaired) electrons. The highest BCUT2D eigenvalue weighted by Gasteiger charge is 2.43. The number of aryl methyl sites for hydroxylation is 1. The van der Waals surface area contributed by atoms with Gasteiger partial charge in [0.05, 0.1) is 6.54 Å². The minimum atomic E-state index is -4.41. The van der Waals surface area contributed by atoms with Gasteiger partial charge in [-0.1, -0.05) is 6.07 Å². The van der Waals surface area contributed by atoms with Crippen LogP contribution in [0, 0.1) is 18.8 Å². The summed E-state index contributed by atoms with van der Waals surface area (Å²) in [6.07, 6.45) is -0.407. The molecule has 4 rings (SSSR count). The Hall–Kier alpha value is -2.09. The van der Waals surface area contributed by atoms with Crippen molar-refractivity contribution in [3.8, 4) is 0 Å². The minimum Gasteiger partial charge on any atom is -0.356 e. The molecule has 3 atom stereocenters. The lowest BCUT2D eigenvalue weighted by Gasteiger charge is -2.22. The summed E-state index contributed by atoms with van der Waals surface area (Å²) < 4.78 is 38.7. The maximum Gasteiger partial charge on any atom is 0.433 e. The molecule has 3 heterocycles. The van der Waals surface area contributed by atoms with Crippen LogP contribution in [0.5, 0.6) is 0 Å². The maximum atomic E-state index is 12.9. The Labute approximate surface area is 150 Å². The van der Waals surface area contributed by atoms with Crippen molar-refractivity contribution in [1.29, 1.82) is 0 Å². The minimum absolute atomic E-state index is 0.362. The van der Waals surface area contributed by atoms with Gasteiger partial charge in [0.25, 0.3) is 0 Å². The van der Waals surface area contributed by atoms with E-state index in [0.29, 0.717) is 30.2 Å². The van der Waals surface area contributed by atoms with Crippen molar-refractivity contribution in [2.45, 2.75) is 38.5 Å². The third-order valence-electron chi connectivity index (χ3n) is 5.49. The number of pyridine rings is 1. The molecule has 2 aliphatic rings. The number of nitrogens with one attached hydrogen (secondary N) is 2. The van der Waals surface area contributed by atoms with Crippen molar-refractivity contribution in [2.75, 3.05) is 18.0 Å². The number of hydrogen-bond donors (Lipinski definition) is 2. The van der Waals surface area contributed by atoms with Gasteiger partial charge in [-0.05, 0) is 43.7 Å². The largest absolute Gasteiger partial charge is 0.433 e. The van der Waals surface area contributed by atoms with Crippen LogP contribution in [-0.4, -0.2) is 34.1 Å². The van der Waals surface area contributed by atoms with E-state index in [2.05, 4.69) is 20.3 Å². The smallest absolute Gasteiger partial charge is 0.356 e. The summed E-state index contributed by atoms with van der Waals surface area (Å²) in [6.45, 7) is 4.17. The van der Waals surface area contributed by atoms with Crippen LogP contribution >= 0.6 is 0 Å². The van der Waals surface area contributed by atoms with Crippen molar-refractivity contribution in [1.82, 2.24) is 20.3 Å². The first-order valence-electron chi connectivity index (χ1n) is 8.93. The number of rotatable bonds is 4. The number of alkyl halides is 3. The normalized spacial score (nSPS) is 25.7. The molecule has 5 nitrogen and oxygen atoms in total. The number of halogens is 3. The monoisotopic (exact) mass is 365 g/mol. The van der Waals surface area contributed by atoms with E-state index in [0.717, 1.165) is 43.5 Å². The van der Waals surface area contributed by atoms with Crippen molar-refractivity contribution >= 4 is 5.82 Å². The number of imidazole rings is 1. The average Bonchev–Trinajstić information content (AvgIpc) is 3.28. The standard InChI is InChI=1S/C18H22F3N5/c1-11-7-23-16(24-11)8-22-14-6-5-12-9-26(10-13(12)14)17-4-2-3-15(25-17)18(19,20)21/h2-4,7,12-14,22H,5-6,8-10H2,1H3,(H,23,24)/t12-,13+,14+/m1/s1. The molecule has 0 unspecified atom stereocenters. The number of fused-ring (bicyclic) bond motifs is 1. The zero-order valence-electron chi connectivity index (χ0n) is 14.6. The van der Waals surface area contributed by atoms with E-state index < -0.39 is 11.9 Å². The molecule has 8 heteroatoms. The predicted molar refractivity (Wildman–Crippen MR) is 91.6 cm³/mol. The molecule has 0 spiro atoms. The Morgan fingerprint density at radius 2 is 2.12 bits per heavy atom. The summed E-state index contributed by atoms with van der Waals surface area (Å²) in [4.78, 5) is 13.4. The molecule has 26 heavy (non-hydrogen) atoms. The van der Waals surface area contributed by atoms with E-state index >= 15 is 0 Å². The number of aromatic amines is 1. The zero-order chi connectivity index (χ0) is 18.3. The molecule has 1 saturated carbocycles. The Bertz CT molecular complexity index is 772. The molecule has 2 N–H and O–H groups in total. The summed E-state index contributed by atoms with van der Waals surface area (Å²) >= 11 is 0. The molecule has 2 aromatic heterocycles. The SMILES string of the molecule is Cc1cnc(CN[C@H]2CC[C@@H]3CN(c4cccc(C(F)(F)F)n4)C[C@@H]32)[nH]1. The van der Waals surface area contributed by atoms with Gasteiger partial charge in [0.15, 0.2) is 0 Å². The van der Waals surface area contributed by atoms with Crippen LogP contribution in [0.15, 0.2) is 24.4 Å². The van der Waals surface area contributed by atoms with E-state index in [9.17, 15) is 13.2 Å². The van der Waals surface area contributed by atoms with Crippen LogP contribution in [0.3, 0.4) is 0 Å². The average molecular weight is 365 g/mol. The topological polar surface area (TPSA) is 56.8 Å². The summed E-state index contributed by atoms with van der Waals surface area (Å²) in [5.74, 6) is 2.28.